The zero-order chi connectivity index (χ0) is 9.80. The first-order chi connectivity index (χ1) is 6.90. The van der Waals surface area contributed by atoms with Gasteiger partial charge in [0.15, 0.2) is 0 Å². The van der Waals surface area contributed by atoms with Crippen LogP contribution in [0.2, 0.25) is 0 Å². The van der Waals surface area contributed by atoms with Crippen LogP contribution in [-0.4, -0.2) is 13.1 Å². The van der Waals surface area contributed by atoms with E-state index < -0.39 is 0 Å². The summed E-state index contributed by atoms with van der Waals surface area (Å²) in [7, 11) is 0. The van der Waals surface area contributed by atoms with Crippen molar-refractivity contribution < 1.29 is 0 Å². The van der Waals surface area contributed by atoms with Crippen molar-refractivity contribution >= 4 is 5.69 Å². The van der Waals surface area contributed by atoms with E-state index in [4.69, 9.17) is 5.73 Å². The molecule has 1 aliphatic heterocycles. The molecule has 0 bridgehead atoms. The van der Waals surface area contributed by atoms with Gasteiger partial charge in [-0.2, -0.15) is 0 Å². The van der Waals surface area contributed by atoms with Crippen molar-refractivity contribution in [3.8, 4) is 0 Å². The predicted molar refractivity (Wildman–Crippen MR) is 60.4 cm³/mol. The second-order valence-corrected chi connectivity index (χ2v) is 3.92. The van der Waals surface area contributed by atoms with Crippen molar-refractivity contribution in [3.05, 3.63) is 29.8 Å². The molecule has 0 radical (unpaired) electrons. The molecule has 2 heteroatoms. The van der Waals surface area contributed by atoms with E-state index in [9.17, 15) is 0 Å². The summed E-state index contributed by atoms with van der Waals surface area (Å²) in [5.74, 6) is 0. The third kappa shape index (κ3) is 2.07. The Labute approximate surface area is 85.7 Å². The minimum atomic E-state index is 0.641. The molecule has 0 saturated carbocycles. The summed E-state index contributed by atoms with van der Waals surface area (Å²) in [4.78, 5) is 2.46. The Morgan fingerprint density at radius 1 is 1.14 bits per heavy atom. The predicted octanol–water partition coefficient (Wildman–Crippen LogP) is 2.14. The molecule has 1 heterocycles. The molecule has 1 aliphatic rings. The van der Waals surface area contributed by atoms with Crippen LogP contribution < -0.4 is 10.6 Å². The van der Waals surface area contributed by atoms with Crippen LogP contribution in [0.3, 0.4) is 0 Å². The molecule has 1 fully saturated rings. The lowest BCUT2D eigenvalue weighted by Crippen LogP contribution is -2.29. The summed E-state index contributed by atoms with van der Waals surface area (Å²) in [6.45, 7) is 3.05. The monoisotopic (exact) mass is 190 g/mol. The van der Waals surface area contributed by atoms with Crippen molar-refractivity contribution in [1.29, 1.82) is 0 Å². The van der Waals surface area contributed by atoms with Crippen molar-refractivity contribution in [2.24, 2.45) is 5.73 Å². The number of benzene rings is 1. The Balaban J connectivity index is 2.13. The van der Waals surface area contributed by atoms with E-state index in [0.29, 0.717) is 6.54 Å². The van der Waals surface area contributed by atoms with Gasteiger partial charge in [-0.15, -0.1) is 0 Å². The van der Waals surface area contributed by atoms with E-state index in [1.165, 1.54) is 43.6 Å². The minimum Gasteiger partial charge on any atom is -0.372 e. The molecule has 76 valence electrons. The third-order valence-corrected chi connectivity index (χ3v) is 2.87. The van der Waals surface area contributed by atoms with E-state index in [1.54, 1.807) is 0 Å². The van der Waals surface area contributed by atoms with Crippen LogP contribution in [-0.2, 0) is 6.54 Å². The molecule has 0 amide bonds. The molecule has 0 spiro atoms. The highest BCUT2D eigenvalue weighted by molar-refractivity contribution is 5.48. The van der Waals surface area contributed by atoms with Crippen LogP contribution in [0.5, 0.6) is 0 Å². The fourth-order valence-corrected chi connectivity index (χ4v) is 2.03. The van der Waals surface area contributed by atoms with Gasteiger partial charge >= 0.3 is 0 Å². The van der Waals surface area contributed by atoms with E-state index in [1.807, 2.05) is 0 Å². The van der Waals surface area contributed by atoms with Gasteiger partial charge < -0.3 is 10.6 Å². The normalized spacial score (nSPS) is 17.1. The van der Waals surface area contributed by atoms with Gasteiger partial charge in [0, 0.05) is 25.3 Å². The summed E-state index contributed by atoms with van der Waals surface area (Å²) < 4.78 is 0. The molecule has 2 N–H and O–H groups in total. The molecular weight excluding hydrogens is 172 g/mol. The van der Waals surface area contributed by atoms with Crippen molar-refractivity contribution in [2.75, 3.05) is 18.0 Å². The van der Waals surface area contributed by atoms with Crippen LogP contribution in [0.4, 0.5) is 5.69 Å². The van der Waals surface area contributed by atoms with Gasteiger partial charge in [-0.05, 0) is 37.0 Å². The summed E-state index contributed by atoms with van der Waals surface area (Å²) in [6.07, 6.45) is 4.03. The molecular formula is C12H18N2. The molecule has 0 aromatic heterocycles. The van der Waals surface area contributed by atoms with E-state index in [0.717, 1.165) is 0 Å². The highest BCUT2D eigenvalue weighted by atomic mass is 15.1. The van der Waals surface area contributed by atoms with Crippen LogP contribution in [0, 0.1) is 0 Å². The number of hydrogen-bond donors (Lipinski definition) is 1. The number of anilines is 1. The van der Waals surface area contributed by atoms with Gasteiger partial charge in [0.05, 0.1) is 0 Å². The molecule has 1 aromatic carbocycles. The van der Waals surface area contributed by atoms with E-state index in [-0.39, 0.29) is 0 Å². The standard InChI is InChI=1S/C12H18N2/c13-10-11-5-4-6-12(9-11)14-7-2-1-3-8-14/h4-6,9H,1-3,7-8,10,13H2. The van der Waals surface area contributed by atoms with E-state index >= 15 is 0 Å². The van der Waals surface area contributed by atoms with Gasteiger partial charge in [-0.1, -0.05) is 12.1 Å². The molecule has 1 aromatic rings. The summed E-state index contributed by atoms with van der Waals surface area (Å²) in [5, 5.41) is 0. The van der Waals surface area contributed by atoms with Gasteiger partial charge in [-0.3, -0.25) is 0 Å². The zero-order valence-electron chi connectivity index (χ0n) is 8.58. The number of nitrogens with two attached hydrogens (primary N) is 1. The maximum atomic E-state index is 5.63. The van der Waals surface area contributed by atoms with Crippen molar-refractivity contribution in [2.45, 2.75) is 25.8 Å². The van der Waals surface area contributed by atoms with Crippen LogP contribution >= 0.6 is 0 Å². The SMILES string of the molecule is NCc1cccc(N2CCCCC2)c1. The fourth-order valence-electron chi connectivity index (χ4n) is 2.03. The first kappa shape index (κ1) is 9.53. The van der Waals surface area contributed by atoms with Crippen LogP contribution in [0.15, 0.2) is 24.3 Å². The second-order valence-electron chi connectivity index (χ2n) is 3.92. The molecule has 2 rings (SSSR count). The quantitative estimate of drug-likeness (QED) is 0.774. The lowest BCUT2D eigenvalue weighted by Gasteiger charge is -2.29. The number of rotatable bonds is 2. The Morgan fingerprint density at radius 3 is 2.64 bits per heavy atom. The largest absolute Gasteiger partial charge is 0.372 e. The lowest BCUT2D eigenvalue weighted by atomic mass is 10.1. The third-order valence-electron chi connectivity index (χ3n) is 2.87. The smallest absolute Gasteiger partial charge is 0.0369 e. The molecule has 0 aliphatic carbocycles. The first-order valence-corrected chi connectivity index (χ1v) is 5.44. The average molecular weight is 190 g/mol. The minimum absolute atomic E-state index is 0.641. The molecule has 2 nitrogen and oxygen atoms in total. The van der Waals surface area contributed by atoms with Gasteiger partial charge in [0.2, 0.25) is 0 Å². The Hall–Kier alpha value is -1.02. The fraction of sp³-hybridized carbons (Fsp3) is 0.500. The zero-order valence-corrected chi connectivity index (χ0v) is 8.58. The summed E-state index contributed by atoms with van der Waals surface area (Å²) in [6, 6.07) is 8.59. The van der Waals surface area contributed by atoms with Gasteiger partial charge in [-0.25, -0.2) is 0 Å². The topological polar surface area (TPSA) is 29.3 Å². The summed E-state index contributed by atoms with van der Waals surface area (Å²) in [5.41, 5.74) is 8.20. The van der Waals surface area contributed by atoms with Crippen LogP contribution in [0.1, 0.15) is 24.8 Å². The average Bonchev–Trinajstić information content (AvgIpc) is 2.30. The molecule has 14 heavy (non-hydrogen) atoms. The Kier molecular flexibility index (Phi) is 3.04. The summed E-state index contributed by atoms with van der Waals surface area (Å²) >= 11 is 0. The van der Waals surface area contributed by atoms with Gasteiger partial charge in [0.1, 0.15) is 0 Å². The molecule has 0 atom stereocenters. The Morgan fingerprint density at radius 2 is 1.93 bits per heavy atom. The second kappa shape index (κ2) is 4.47. The van der Waals surface area contributed by atoms with Crippen molar-refractivity contribution in [1.82, 2.24) is 0 Å². The highest BCUT2D eigenvalue weighted by Crippen LogP contribution is 2.20. The van der Waals surface area contributed by atoms with Gasteiger partial charge in [0.25, 0.3) is 0 Å². The lowest BCUT2D eigenvalue weighted by molar-refractivity contribution is 0.577. The van der Waals surface area contributed by atoms with Crippen LogP contribution in [0.25, 0.3) is 0 Å². The first-order valence-electron chi connectivity index (χ1n) is 5.44. The molecule has 1 saturated heterocycles. The number of nitrogens with zero attached hydrogens (tertiary/aromatic N) is 1. The molecule has 0 unspecified atom stereocenters. The maximum absolute atomic E-state index is 5.63. The Bertz CT molecular complexity index is 290. The maximum Gasteiger partial charge on any atom is 0.0369 e. The van der Waals surface area contributed by atoms with Crippen molar-refractivity contribution in [3.63, 3.8) is 0 Å². The number of hydrogen-bond acceptors (Lipinski definition) is 2. The number of piperidine rings is 1. The highest BCUT2D eigenvalue weighted by Gasteiger charge is 2.10. The van der Waals surface area contributed by atoms with E-state index in [2.05, 4.69) is 29.2 Å².